The van der Waals surface area contributed by atoms with Crippen molar-refractivity contribution in [3.63, 3.8) is 0 Å². The number of aromatic amines is 1. The van der Waals surface area contributed by atoms with Gasteiger partial charge in [0.25, 0.3) is 0 Å². The van der Waals surface area contributed by atoms with Gasteiger partial charge in [0.05, 0.1) is 11.4 Å². The lowest BCUT2D eigenvalue weighted by Crippen LogP contribution is -2.29. The summed E-state index contributed by atoms with van der Waals surface area (Å²) in [7, 11) is 2.14. The lowest BCUT2D eigenvalue weighted by molar-refractivity contribution is 0.251. The van der Waals surface area contributed by atoms with E-state index in [1.807, 2.05) is 18.4 Å². The van der Waals surface area contributed by atoms with Gasteiger partial charge in [0.1, 0.15) is 17.3 Å². The number of likely N-dealkylation sites (tertiary alicyclic amines) is 1. The number of nitrogens with one attached hydrogen (secondary N) is 1. The highest BCUT2D eigenvalue weighted by molar-refractivity contribution is 7.98. The summed E-state index contributed by atoms with van der Waals surface area (Å²) in [6.07, 6.45) is 5.75. The summed E-state index contributed by atoms with van der Waals surface area (Å²) < 4.78 is 14.5. The van der Waals surface area contributed by atoms with E-state index in [4.69, 9.17) is 4.98 Å². The van der Waals surface area contributed by atoms with Crippen molar-refractivity contribution in [2.75, 3.05) is 26.4 Å². The molecule has 1 saturated heterocycles. The summed E-state index contributed by atoms with van der Waals surface area (Å²) in [5.41, 5.74) is 2.60. The molecular weight excluding hydrogens is 361 g/mol. The Bertz CT molecular complexity index is 934. The van der Waals surface area contributed by atoms with Crippen LogP contribution in [-0.2, 0) is 0 Å². The molecule has 1 aliphatic rings. The van der Waals surface area contributed by atoms with Gasteiger partial charge in [0.15, 0.2) is 5.16 Å². The van der Waals surface area contributed by atoms with Crippen LogP contribution in [0.1, 0.15) is 24.6 Å². The molecule has 5 nitrogen and oxygen atoms in total. The van der Waals surface area contributed by atoms with Crippen molar-refractivity contribution in [1.29, 1.82) is 0 Å². The number of aromatic nitrogens is 4. The van der Waals surface area contributed by atoms with Crippen molar-refractivity contribution in [1.82, 2.24) is 24.8 Å². The molecule has 3 heterocycles. The first kappa shape index (κ1) is 18.1. The summed E-state index contributed by atoms with van der Waals surface area (Å²) in [5, 5.41) is 0.683. The highest BCUT2D eigenvalue weighted by Crippen LogP contribution is 2.35. The molecule has 3 aromatic rings. The topological polar surface area (TPSA) is 57.7 Å². The van der Waals surface area contributed by atoms with Gasteiger partial charge in [0, 0.05) is 17.7 Å². The molecule has 0 radical (unpaired) electrons. The van der Waals surface area contributed by atoms with Crippen molar-refractivity contribution in [3.05, 3.63) is 48.2 Å². The first-order valence-corrected chi connectivity index (χ1v) is 10.3. The Morgan fingerprint density at radius 1 is 1.15 bits per heavy atom. The molecule has 0 amide bonds. The van der Waals surface area contributed by atoms with E-state index in [1.54, 1.807) is 18.3 Å². The molecule has 1 N–H and O–H groups in total. The SMILES string of the molecule is CSc1nccc(-c2[nH]c(C3CCN(C)CC3)nc2-c2ccccc2F)n1. The summed E-state index contributed by atoms with van der Waals surface area (Å²) in [6, 6.07) is 8.61. The summed E-state index contributed by atoms with van der Waals surface area (Å²) >= 11 is 1.48. The van der Waals surface area contributed by atoms with Crippen LogP contribution < -0.4 is 0 Å². The van der Waals surface area contributed by atoms with Crippen molar-refractivity contribution in [2.45, 2.75) is 23.9 Å². The number of piperidine rings is 1. The monoisotopic (exact) mass is 383 g/mol. The van der Waals surface area contributed by atoms with E-state index in [-0.39, 0.29) is 5.82 Å². The number of halogens is 1. The fraction of sp³-hybridized carbons (Fsp3) is 0.350. The van der Waals surface area contributed by atoms with Crippen molar-refractivity contribution >= 4 is 11.8 Å². The number of thioether (sulfide) groups is 1. The summed E-state index contributed by atoms with van der Waals surface area (Å²) in [4.78, 5) is 19.5. The van der Waals surface area contributed by atoms with Gasteiger partial charge >= 0.3 is 0 Å². The van der Waals surface area contributed by atoms with Crippen LogP contribution in [0.25, 0.3) is 22.6 Å². The molecule has 0 bridgehead atoms. The first-order valence-electron chi connectivity index (χ1n) is 9.06. The van der Waals surface area contributed by atoms with Crippen LogP contribution in [0.4, 0.5) is 4.39 Å². The average Bonchev–Trinajstić information content (AvgIpc) is 3.14. The van der Waals surface area contributed by atoms with Crippen molar-refractivity contribution in [3.8, 4) is 22.6 Å². The molecule has 7 heteroatoms. The number of hydrogen-bond donors (Lipinski definition) is 1. The van der Waals surface area contributed by atoms with Crippen LogP contribution in [0.3, 0.4) is 0 Å². The maximum absolute atomic E-state index is 14.5. The molecule has 1 fully saturated rings. The normalized spacial score (nSPS) is 16.0. The van der Waals surface area contributed by atoms with Gasteiger partial charge in [-0.15, -0.1) is 0 Å². The van der Waals surface area contributed by atoms with E-state index in [0.29, 0.717) is 22.3 Å². The highest BCUT2D eigenvalue weighted by atomic mass is 32.2. The third-order valence-corrected chi connectivity index (χ3v) is 5.59. The van der Waals surface area contributed by atoms with Crippen molar-refractivity contribution < 1.29 is 4.39 Å². The maximum atomic E-state index is 14.5. The van der Waals surface area contributed by atoms with Gasteiger partial charge < -0.3 is 9.88 Å². The second-order valence-corrected chi connectivity index (χ2v) is 7.61. The molecule has 27 heavy (non-hydrogen) atoms. The highest BCUT2D eigenvalue weighted by Gasteiger charge is 2.25. The smallest absolute Gasteiger partial charge is 0.187 e. The van der Waals surface area contributed by atoms with E-state index >= 15 is 0 Å². The van der Waals surface area contributed by atoms with Gasteiger partial charge in [-0.1, -0.05) is 23.9 Å². The number of hydrogen-bond acceptors (Lipinski definition) is 5. The predicted octanol–water partition coefficient (Wildman–Crippen LogP) is 4.20. The number of H-pyrrole nitrogens is 1. The Kier molecular flexibility index (Phi) is 5.22. The van der Waals surface area contributed by atoms with Crippen molar-refractivity contribution in [2.24, 2.45) is 0 Å². The minimum absolute atomic E-state index is 0.278. The van der Waals surface area contributed by atoms with Gasteiger partial charge in [-0.3, -0.25) is 0 Å². The third kappa shape index (κ3) is 3.75. The number of benzene rings is 1. The van der Waals surface area contributed by atoms with E-state index in [2.05, 4.69) is 26.9 Å². The number of imidazole rings is 1. The van der Waals surface area contributed by atoms with E-state index < -0.39 is 0 Å². The maximum Gasteiger partial charge on any atom is 0.187 e. The van der Waals surface area contributed by atoms with Crippen LogP contribution in [0, 0.1) is 5.82 Å². The molecule has 1 aromatic carbocycles. The predicted molar refractivity (Wildman–Crippen MR) is 106 cm³/mol. The minimum atomic E-state index is -0.278. The van der Waals surface area contributed by atoms with Gasteiger partial charge in [-0.25, -0.2) is 19.3 Å². The van der Waals surface area contributed by atoms with Gasteiger partial charge in [-0.05, 0) is 57.4 Å². The summed E-state index contributed by atoms with van der Waals surface area (Å²) in [6.45, 7) is 2.08. The fourth-order valence-electron chi connectivity index (χ4n) is 3.48. The van der Waals surface area contributed by atoms with Crippen LogP contribution in [0.15, 0.2) is 41.7 Å². The largest absolute Gasteiger partial charge is 0.340 e. The quantitative estimate of drug-likeness (QED) is 0.540. The molecule has 0 aliphatic carbocycles. The van der Waals surface area contributed by atoms with Gasteiger partial charge in [0.2, 0.25) is 0 Å². The van der Waals surface area contributed by atoms with Crippen LogP contribution in [-0.4, -0.2) is 51.2 Å². The Hall–Kier alpha value is -2.25. The Balaban J connectivity index is 1.81. The lowest BCUT2D eigenvalue weighted by Gasteiger charge is -2.27. The molecule has 0 saturated carbocycles. The number of rotatable bonds is 4. The molecular formula is C20H22FN5S. The molecule has 2 aromatic heterocycles. The molecule has 1 aliphatic heterocycles. The molecule has 4 rings (SSSR count). The molecule has 0 atom stereocenters. The lowest BCUT2D eigenvalue weighted by atomic mass is 9.96. The first-order chi connectivity index (χ1) is 13.2. The fourth-order valence-corrected chi connectivity index (χ4v) is 3.83. The van der Waals surface area contributed by atoms with Crippen LogP contribution in [0.5, 0.6) is 0 Å². The van der Waals surface area contributed by atoms with E-state index in [0.717, 1.165) is 43.1 Å². The zero-order valence-corrected chi connectivity index (χ0v) is 16.3. The third-order valence-electron chi connectivity index (χ3n) is 5.03. The number of nitrogens with zero attached hydrogens (tertiary/aromatic N) is 4. The zero-order valence-electron chi connectivity index (χ0n) is 15.4. The molecule has 0 spiro atoms. The van der Waals surface area contributed by atoms with E-state index in [1.165, 1.54) is 17.8 Å². The molecule has 0 unspecified atom stereocenters. The molecule has 140 valence electrons. The van der Waals surface area contributed by atoms with Crippen LogP contribution in [0.2, 0.25) is 0 Å². The minimum Gasteiger partial charge on any atom is -0.340 e. The Morgan fingerprint density at radius 2 is 1.93 bits per heavy atom. The Labute approximate surface area is 162 Å². The second kappa shape index (κ2) is 7.78. The zero-order chi connectivity index (χ0) is 18.8. The van der Waals surface area contributed by atoms with E-state index in [9.17, 15) is 4.39 Å². The standard InChI is InChI=1S/C20H22FN5S/c1-26-11-8-13(9-12-26)19-24-17(14-5-3-4-6-15(14)21)18(25-19)16-7-10-22-20(23-16)27-2/h3-7,10,13H,8-9,11-12H2,1-2H3,(H,24,25). The summed E-state index contributed by atoms with van der Waals surface area (Å²) in [5.74, 6) is 0.988. The second-order valence-electron chi connectivity index (χ2n) is 6.83. The van der Waals surface area contributed by atoms with Crippen LogP contribution >= 0.6 is 11.8 Å². The Morgan fingerprint density at radius 3 is 2.67 bits per heavy atom. The average molecular weight is 383 g/mol. The van der Waals surface area contributed by atoms with Gasteiger partial charge in [-0.2, -0.15) is 0 Å².